The van der Waals surface area contributed by atoms with Gasteiger partial charge in [-0.1, -0.05) is 86.1 Å². The normalized spacial score (nSPS) is 13.3. The van der Waals surface area contributed by atoms with Gasteiger partial charge in [0.15, 0.2) is 0 Å². The lowest BCUT2D eigenvalue weighted by Gasteiger charge is -2.41. The molecule has 0 fully saturated rings. The maximum Gasteiger partial charge on any atom is 0.259 e. The van der Waals surface area contributed by atoms with Gasteiger partial charge in [0.1, 0.15) is 5.75 Å². The molecule has 6 nitrogen and oxygen atoms in total. The van der Waals surface area contributed by atoms with Crippen molar-refractivity contribution >= 4 is 8.53 Å². The fourth-order valence-corrected chi connectivity index (χ4v) is 7.10. The van der Waals surface area contributed by atoms with Crippen LogP contribution in [0.3, 0.4) is 0 Å². The van der Waals surface area contributed by atoms with Crippen LogP contribution in [0.2, 0.25) is 0 Å². The molecule has 0 heterocycles. The largest absolute Gasteiger partial charge is 0.497 e. The second-order valence-corrected chi connectivity index (χ2v) is 12.5. The fourth-order valence-electron chi connectivity index (χ4n) is 5.50. The van der Waals surface area contributed by atoms with E-state index < -0.39 is 14.1 Å². The number of hydrogen-bond acceptors (Lipinski definition) is 6. The Balaban J connectivity index is 1.97. The highest BCUT2D eigenvalue weighted by Crippen LogP contribution is 2.46. The van der Waals surface area contributed by atoms with Crippen LogP contribution >= 0.6 is 8.53 Å². The van der Waals surface area contributed by atoms with E-state index in [0.717, 1.165) is 30.6 Å². The van der Waals surface area contributed by atoms with Crippen LogP contribution in [0.5, 0.6) is 5.75 Å². The van der Waals surface area contributed by atoms with Crippen molar-refractivity contribution in [2.75, 3.05) is 20.3 Å². The molecule has 2 atom stereocenters. The van der Waals surface area contributed by atoms with E-state index in [4.69, 9.17) is 19.0 Å². The first kappa shape index (κ1) is 33.7. The third kappa shape index (κ3) is 8.86. The summed E-state index contributed by atoms with van der Waals surface area (Å²) in [6.45, 7) is 11.8. The molecule has 0 aromatic heterocycles. The summed E-state index contributed by atoms with van der Waals surface area (Å²) in [5, 5.41) is 13.2. The van der Waals surface area contributed by atoms with Crippen molar-refractivity contribution in [3.8, 4) is 11.8 Å². The number of rotatable bonds is 18. The summed E-state index contributed by atoms with van der Waals surface area (Å²) in [7, 11) is 0.415. The summed E-state index contributed by atoms with van der Waals surface area (Å²) in [5.41, 5.74) is 2.92. The van der Waals surface area contributed by atoms with Crippen LogP contribution in [0, 0.1) is 11.3 Å². The zero-order valence-electron chi connectivity index (χ0n) is 26.1. The molecule has 0 amide bonds. The maximum atomic E-state index is 9.07. The topological polar surface area (TPSA) is 66.8 Å². The van der Waals surface area contributed by atoms with E-state index in [-0.39, 0.29) is 18.1 Å². The molecule has 1 N–H and O–H groups in total. The van der Waals surface area contributed by atoms with Gasteiger partial charge < -0.3 is 13.8 Å². The van der Waals surface area contributed by atoms with E-state index >= 15 is 0 Å². The summed E-state index contributed by atoms with van der Waals surface area (Å²) >= 11 is 0. The molecule has 0 spiro atoms. The molecule has 0 saturated heterocycles. The predicted octanol–water partition coefficient (Wildman–Crippen LogP) is 8.43. The molecule has 0 bridgehead atoms. The molecular formula is C35H48N3O3P. The van der Waals surface area contributed by atoms with Gasteiger partial charge in [-0.15, -0.1) is 0 Å². The molecule has 3 aromatic carbocycles. The summed E-state index contributed by atoms with van der Waals surface area (Å²) in [4.78, 5) is 0. The number of nitriles is 1. The lowest BCUT2D eigenvalue weighted by atomic mass is 9.76. The summed E-state index contributed by atoms with van der Waals surface area (Å²) < 4.78 is 20.5. The zero-order chi connectivity index (χ0) is 30.4. The highest BCUT2D eigenvalue weighted by molar-refractivity contribution is 7.44. The second-order valence-electron chi connectivity index (χ2n) is 11.0. The SMILES string of the molecule is CCCC(CCOP(OCCC#N)N(C(C)C)C(C)C)NC(c1ccccc1)(c1ccccc1)c1ccc(OC)cc1. The molecule has 2 unspecified atom stereocenters. The molecule has 0 radical (unpaired) electrons. The van der Waals surface area contributed by atoms with Crippen LogP contribution in [0.15, 0.2) is 84.9 Å². The highest BCUT2D eigenvalue weighted by Gasteiger charge is 2.38. The lowest BCUT2D eigenvalue weighted by Crippen LogP contribution is -2.50. The minimum Gasteiger partial charge on any atom is -0.497 e. The number of ether oxygens (including phenoxy) is 1. The number of methoxy groups -OCH3 is 1. The van der Waals surface area contributed by atoms with E-state index in [9.17, 15) is 0 Å². The minimum atomic E-state index is -1.28. The smallest absolute Gasteiger partial charge is 0.259 e. The molecule has 0 aliphatic heterocycles. The van der Waals surface area contributed by atoms with Gasteiger partial charge in [0.2, 0.25) is 0 Å². The van der Waals surface area contributed by atoms with Crippen molar-refractivity contribution in [3.63, 3.8) is 0 Å². The lowest BCUT2D eigenvalue weighted by molar-refractivity contribution is 0.168. The van der Waals surface area contributed by atoms with Gasteiger partial charge in [-0.25, -0.2) is 4.67 Å². The molecular weight excluding hydrogens is 541 g/mol. The highest BCUT2D eigenvalue weighted by atomic mass is 31.2. The van der Waals surface area contributed by atoms with Crippen LogP contribution in [-0.4, -0.2) is 43.1 Å². The first-order valence-corrected chi connectivity index (χ1v) is 16.2. The van der Waals surface area contributed by atoms with Gasteiger partial charge in [0.25, 0.3) is 8.53 Å². The van der Waals surface area contributed by atoms with Gasteiger partial charge in [-0.05, 0) is 69.4 Å². The van der Waals surface area contributed by atoms with Crippen molar-refractivity contribution in [2.24, 2.45) is 0 Å². The summed E-state index contributed by atoms with van der Waals surface area (Å²) in [5.74, 6) is 0.830. The van der Waals surface area contributed by atoms with Crippen molar-refractivity contribution in [3.05, 3.63) is 102 Å². The number of hydrogen-bond donors (Lipinski definition) is 1. The molecule has 3 aromatic rings. The Bertz CT molecular complexity index is 1150. The Morgan fingerprint density at radius 1 is 0.786 bits per heavy atom. The summed E-state index contributed by atoms with van der Waals surface area (Å²) in [6, 6.07) is 32.6. The first-order valence-electron chi connectivity index (χ1n) is 15.1. The van der Waals surface area contributed by atoms with Crippen LogP contribution < -0.4 is 10.1 Å². The van der Waals surface area contributed by atoms with E-state index in [0.29, 0.717) is 19.6 Å². The molecule has 0 aliphatic carbocycles. The Labute approximate surface area is 255 Å². The van der Waals surface area contributed by atoms with Gasteiger partial charge in [0.05, 0.1) is 38.4 Å². The molecule has 0 aliphatic rings. The number of nitrogens with one attached hydrogen (secondary N) is 1. The van der Waals surface area contributed by atoms with Crippen molar-refractivity contribution in [1.82, 2.24) is 9.99 Å². The van der Waals surface area contributed by atoms with Crippen LogP contribution in [-0.2, 0) is 14.6 Å². The second kappa shape index (κ2) is 17.4. The molecule has 0 saturated carbocycles. The number of benzene rings is 3. The van der Waals surface area contributed by atoms with E-state index in [1.807, 2.05) is 12.1 Å². The first-order chi connectivity index (χ1) is 20.4. The van der Waals surface area contributed by atoms with Crippen molar-refractivity contribution < 1.29 is 13.8 Å². The molecule has 42 heavy (non-hydrogen) atoms. The molecule has 7 heteroatoms. The van der Waals surface area contributed by atoms with Crippen molar-refractivity contribution in [1.29, 1.82) is 5.26 Å². The van der Waals surface area contributed by atoms with Crippen LogP contribution in [0.1, 0.15) is 77.0 Å². The summed E-state index contributed by atoms with van der Waals surface area (Å²) in [6.07, 6.45) is 3.20. The number of nitrogens with zero attached hydrogens (tertiary/aromatic N) is 2. The Morgan fingerprint density at radius 2 is 1.31 bits per heavy atom. The minimum absolute atomic E-state index is 0.167. The van der Waals surface area contributed by atoms with Gasteiger partial charge in [-0.2, -0.15) is 5.26 Å². The van der Waals surface area contributed by atoms with Gasteiger partial charge in [-0.3, -0.25) is 5.32 Å². The average Bonchev–Trinajstić information content (AvgIpc) is 3.00. The monoisotopic (exact) mass is 589 g/mol. The Morgan fingerprint density at radius 3 is 1.79 bits per heavy atom. The molecule has 226 valence electrons. The van der Waals surface area contributed by atoms with Gasteiger partial charge >= 0.3 is 0 Å². The van der Waals surface area contributed by atoms with E-state index in [1.54, 1.807) is 7.11 Å². The predicted molar refractivity (Wildman–Crippen MR) is 173 cm³/mol. The standard InChI is InChI=1S/C35H48N3O3P/c1-7-15-33(24-27-41-42(40-26-14-25-36)38(28(2)3)29(4)5)37-35(30-16-10-8-11-17-30,31-18-12-9-13-19-31)32-20-22-34(39-6)23-21-32/h8-13,16-23,28-29,33,37H,7,14-15,24,26-27H2,1-6H3. The Hall–Kier alpha value is -2.78. The van der Waals surface area contributed by atoms with Crippen LogP contribution in [0.4, 0.5) is 0 Å². The third-order valence-corrected chi connectivity index (χ3v) is 9.43. The quantitative estimate of drug-likeness (QED) is 0.0913. The van der Waals surface area contributed by atoms with Crippen molar-refractivity contribution in [2.45, 2.75) is 84.0 Å². The average molecular weight is 590 g/mol. The molecule has 3 rings (SSSR count). The van der Waals surface area contributed by atoms with E-state index in [2.05, 4.69) is 123 Å². The van der Waals surface area contributed by atoms with Gasteiger partial charge in [0, 0.05) is 18.1 Å². The fraction of sp³-hybridized carbons (Fsp3) is 0.457. The maximum absolute atomic E-state index is 9.07. The zero-order valence-corrected chi connectivity index (χ0v) is 27.0. The van der Waals surface area contributed by atoms with E-state index in [1.165, 1.54) is 11.1 Å². The van der Waals surface area contributed by atoms with Crippen LogP contribution in [0.25, 0.3) is 0 Å². The third-order valence-electron chi connectivity index (χ3n) is 7.32. The Kier molecular flexibility index (Phi) is 13.9.